The molecule has 3 aromatic heterocycles. The van der Waals surface area contributed by atoms with Gasteiger partial charge in [-0.15, -0.1) is 22.7 Å². The van der Waals surface area contributed by atoms with Crippen LogP contribution in [0.5, 0.6) is 0 Å². The molecule has 42 heavy (non-hydrogen) atoms. The third kappa shape index (κ3) is 5.61. The van der Waals surface area contributed by atoms with Crippen LogP contribution in [0.3, 0.4) is 0 Å². The van der Waals surface area contributed by atoms with E-state index in [9.17, 15) is 0 Å². The molecule has 2 aromatic carbocycles. The Labute approximate surface area is 260 Å². The van der Waals surface area contributed by atoms with E-state index in [1.807, 2.05) is 22.7 Å². The lowest BCUT2D eigenvalue weighted by Gasteiger charge is -2.19. The minimum Gasteiger partial charge on any atom is -0.382 e. The van der Waals surface area contributed by atoms with Gasteiger partial charge in [-0.2, -0.15) is 0 Å². The Balaban J connectivity index is 1.64. The normalized spacial score (nSPS) is 12.7. The number of aromatic nitrogens is 1. The van der Waals surface area contributed by atoms with Crippen molar-refractivity contribution < 1.29 is 9.47 Å². The zero-order chi connectivity index (χ0) is 30.6. The number of thiophene rings is 2. The lowest BCUT2D eigenvalue weighted by Crippen LogP contribution is -2.11. The number of ether oxygens (including phenoxy) is 2. The smallest absolute Gasteiger partial charge is 0.0701 e. The fraction of sp³-hybridized carbons (Fsp3) is 0.459. The van der Waals surface area contributed by atoms with E-state index < -0.39 is 0 Å². The summed E-state index contributed by atoms with van der Waals surface area (Å²) >= 11 is 3.95. The molecule has 3 heterocycles. The third-order valence-electron chi connectivity index (χ3n) is 8.67. The summed E-state index contributed by atoms with van der Waals surface area (Å²) in [6, 6.07) is 14.1. The largest absolute Gasteiger partial charge is 0.382 e. The van der Waals surface area contributed by atoms with Gasteiger partial charge in [0.05, 0.1) is 19.8 Å². The quantitative estimate of drug-likeness (QED) is 0.165. The van der Waals surface area contributed by atoms with Crippen molar-refractivity contribution in [3.8, 4) is 20.2 Å². The Hall–Kier alpha value is -2.44. The van der Waals surface area contributed by atoms with Gasteiger partial charge < -0.3 is 14.0 Å². The SMILES string of the molecule is COCCOCCn1c2ccc(-c3sc(-c4sc(C(C)(C)C)c(C)c4C)c(C)c3C)cc2c2cc(C(C)(C)C)ccc21. The molecule has 0 spiro atoms. The van der Waals surface area contributed by atoms with Gasteiger partial charge in [-0.3, -0.25) is 0 Å². The summed E-state index contributed by atoms with van der Waals surface area (Å²) in [5.74, 6) is 0. The zero-order valence-corrected chi connectivity index (χ0v) is 29.0. The number of nitrogens with zero attached hydrogens (tertiary/aromatic N) is 1. The maximum atomic E-state index is 5.89. The topological polar surface area (TPSA) is 23.4 Å². The molecule has 0 saturated heterocycles. The number of benzene rings is 2. The average molecular weight is 602 g/mol. The molecule has 3 nitrogen and oxygen atoms in total. The second kappa shape index (κ2) is 11.6. The lowest BCUT2D eigenvalue weighted by molar-refractivity contribution is 0.0673. The maximum absolute atomic E-state index is 5.89. The van der Waals surface area contributed by atoms with E-state index in [1.54, 1.807) is 7.11 Å². The molecule has 0 atom stereocenters. The van der Waals surface area contributed by atoms with Gasteiger partial charge >= 0.3 is 0 Å². The standard InChI is InChI=1S/C37H47NO2S2/c1-22-23(2)33(34-24(3)25(4)35(42-34)37(8,9)10)41-32(22)26-12-14-30-28(20-26)29-21-27(36(5,6)7)13-15-31(29)38(30)16-17-40-19-18-39-11/h12-15,20-21H,16-19H2,1-11H3. The summed E-state index contributed by atoms with van der Waals surface area (Å²) in [5.41, 5.74) is 11.1. The van der Waals surface area contributed by atoms with Crippen LogP contribution < -0.4 is 0 Å². The summed E-state index contributed by atoms with van der Waals surface area (Å²) in [6.07, 6.45) is 0. The molecular weight excluding hydrogens is 555 g/mol. The fourth-order valence-corrected chi connectivity index (χ4v) is 8.89. The van der Waals surface area contributed by atoms with Crippen molar-refractivity contribution in [2.45, 2.75) is 86.6 Å². The summed E-state index contributed by atoms with van der Waals surface area (Å²) in [7, 11) is 1.71. The van der Waals surface area contributed by atoms with Crippen molar-refractivity contribution in [1.82, 2.24) is 4.57 Å². The third-order valence-corrected chi connectivity index (χ3v) is 12.1. The maximum Gasteiger partial charge on any atom is 0.0701 e. The molecule has 5 aromatic rings. The highest BCUT2D eigenvalue weighted by molar-refractivity contribution is 7.24. The summed E-state index contributed by atoms with van der Waals surface area (Å²) in [4.78, 5) is 5.74. The Kier molecular flexibility index (Phi) is 8.54. The van der Waals surface area contributed by atoms with Gasteiger partial charge in [0, 0.05) is 55.0 Å². The van der Waals surface area contributed by atoms with Gasteiger partial charge in [0.15, 0.2) is 0 Å². The van der Waals surface area contributed by atoms with Crippen molar-refractivity contribution in [2.24, 2.45) is 0 Å². The minimum absolute atomic E-state index is 0.0858. The molecular formula is C37H47NO2S2. The second-order valence-electron chi connectivity index (χ2n) is 13.7. The number of hydrogen-bond acceptors (Lipinski definition) is 4. The van der Waals surface area contributed by atoms with Gasteiger partial charge in [-0.25, -0.2) is 0 Å². The van der Waals surface area contributed by atoms with Crippen LogP contribution in [0.4, 0.5) is 0 Å². The molecule has 0 radical (unpaired) electrons. The number of methoxy groups -OCH3 is 1. The molecule has 5 rings (SSSR count). The van der Waals surface area contributed by atoms with E-state index in [-0.39, 0.29) is 10.8 Å². The highest BCUT2D eigenvalue weighted by Gasteiger charge is 2.26. The van der Waals surface area contributed by atoms with Crippen LogP contribution >= 0.6 is 22.7 Å². The molecule has 0 aliphatic carbocycles. The van der Waals surface area contributed by atoms with Crippen LogP contribution in [0.25, 0.3) is 42.0 Å². The van der Waals surface area contributed by atoms with E-state index in [2.05, 4.69) is 110 Å². The van der Waals surface area contributed by atoms with Crippen LogP contribution in [0.2, 0.25) is 0 Å². The molecule has 0 N–H and O–H groups in total. The van der Waals surface area contributed by atoms with Gasteiger partial charge in [0.25, 0.3) is 0 Å². The molecule has 0 aliphatic rings. The zero-order valence-electron chi connectivity index (χ0n) is 27.4. The lowest BCUT2D eigenvalue weighted by atomic mass is 9.86. The first-order valence-electron chi connectivity index (χ1n) is 15.1. The molecule has 0 saturated carbocycles. The molecule has 0 bridgehead atoms. The van der Waals surface area contributed by atoms with Crippen molar-refractivity contribution in [2.75, 3.05) is 26.9 Å². The summed E-state index contributed by atoms with van der Waals surface area (Å²) < 4.78 is 13.5. The van der Waals surface area contributed by atoms with Crippen molar-refractivity contribution in [3.63, 3.8) is 0 Å². The highest BCUT2D eigenvalue weighted by atomic mass is 32.1. The first-order valence-corrected chi connectivity index (χ1v) is 16.7. The molecule has 0 amide bonds. The van der Waals surface area contributed by atoms with E-state index in [0.717, 1.165) is 6.54 Å². The minimum atomic E-state index is 0.0858. The molecule has 224 valence electrons. The number of hydrogen-bond donors (Lipinski definition) is 0. The van der Waals surface area contributed by atoms with Gasteiger partial charge in [-0.1, -0.05) is 53.7 Å². The van der Waals surface area contributed by atoms with Crippen molar-refractivity contribution in [1.29, 1.82) is 0 Å². The first-order chi connectivity index (χ1) is 19.7. The van der Waals surface area contributed by atoms with Crippen molar-refractivity contribution >= 4 is 44.5 Å². The van der Waals surface area contributed by atoms with Crippen LogP contribution in [0.1, 0.15) is 74.2 Å². The monoisotopic (exact) mass is 601 g/mol. The van der Waals surface area contributed by atoms with E-state index in [0.29, 0.717) is 19.8 Å². The van der Waals surface area contributed by atoms with Crippen LogP contribution in [0, 0.1) is 27.7 Å². The molecule has 0 unspecified atom stereocenters. The summed E-state index contributed by atoms with van der Waals surface area (Å²) in [6.45, 7) is 25.8. The summed E-state index contributed by atoms with van der Waals surface area (Å²) in [5, 5.41) is 2.64. The van der Waals surface area contributed by atoms with Crippen LogP contribution in [0.15, 0.2) is 36.4 Å². The highest BCUT2D eigenvalue weighted by Crippen LogP contribution is 2.49. The Bertz CT molecular complexity index is 1750. The van der Waals surface area contributed by atoms with Crippen LogP contribution in [-0.4, -0.2) is 31.5 Å². The Morgan fingerprint density at radius 2 is 1.24 bits per heavy atom. The molecule has 0 fully saturated rings. The first kappa shape index (κ1) is 31.0. The fourth-order valence-electron chi connectivity index (χ4n) is 5.97. The average Bonchev–Trinajstić information content (AvgIpc) is 3.52. The van der Waals surface area contributed by atoms with E-state index >= 15 is 0 Å². The van der Waals surface area contributed by atoms with Crippen LogP contribution in [-0.2, 0) is 26.8 Å². The second-order valence-corrected chi connectivity index (χ2v) is 15.8. The number of fused-ring (bicyclic) bond motifs is 3. The molecule has 5 heteroatoms. The predicted molar refractivity (Wildman–Crippen MR) is 185 cm³/mol. The van der Waals surface area contributed by atoms with Gasteiger partial charge in [-0.05, 0) is 96.2 Å². The van der Waals surface area contributed by atoms with Gasteiger partial charge in [0.2, 0.25) is 0 Å². The molecule has 0 aliphatic heterocycles. The van der Waals surface area contributed by atoms with Crippen molar-refractivity contribution in [3.05, 3.63) is 69.1 Å². The Morgan fingerprint density at radius 1 is 0.643 bits per heavy atom. The predicted octanol–water partition coefficient (Wildman–Crippen LogP) is 10.7. The van der Waals surface area contributed by atoms with Gasteiger partial charge in [0.1, 0.15) is 0 Å². The van der Waals surface area contributed by atoms with E-state index in [4.69, 9.17) is 9.47 Å². The Morgan fingerprint density at radius 3 is 1.86 bits per heavy atom. The van der Waals surface area contributed by atoms with E-state index in [1.165, 1.54) is 74.7 Å². The number of rotatable bonds is 8.